The molecule has 1 aromatic heterocycles. The van der Waals surface area contributed by atoms with Gasteiger partial charge in [-0.3, -0.25) is 4.79 Å². The second kappa shape index (κ2) is 4.81. The van der Waals surface area contributed by atoms with Crippen molar-refractivity contribution in [2.75, 3.05) is 7.11 Å². The molecular weight excluding hydrogens is 259 g/mol. The van der Waals surface area contributed by atoms with Gasteiger partial charge in [0, 0.05) is 16.5 Å². The highest BCUT2D eigenvalue weighted by Gasteiger charge is 2.11. The number of fused-ring (bicyclic) bond motifs is 1. The van der Waals surface area contributed by atoms with Crippen LogP contribution in [0.5, 0.6) is 5.75 Å². The van der Waals surface area contributed by atoms with E-state index in [0.29, 0.717) is 33.6 Å². The molecule has 0 aliphatic rings. The first-order chi connectivity index (χ1) is 9.71. The molecule has 0 fully saturated rings. The lowest BCUT2D eigenvalue weighted by atomic mass is 10.1. The van der Waals surface area contributed by atoms with Gasteiger partial charge in [0.15, 0.2) is 6.29 Å². The lowest BCUT2D eigenvalue weighted by Crippen LogP contribution is -1.89. The first-order valence-electron chi connectivity index (χ1n) is 6.04. The van der Waals surface area contributed by atoms with Gasteiger partial charge in [-0.2, -0.15) is 0 Å². The maximum Gasteiger partial charge on any atom is 0.150 e. The molecule has 0 N–H and O–H groups in total. The van der Waals surface area contributed by atoms with Crippen molar-refractivity contribution < 1.29 is 18.3 Å². The Morgan fingerprint density at radius 3 is 2.75 bits per heavy atom. The first-order valence-corrected chi connectivity index (χ1v) is 6.04. The molecule has 1 heterocycles. The van der Waals surface area contributed by atoms with Crippen LogP contribution < -0.4 is 4.74 Å². The number of halogens is 1. The molecule has 0 amide bonds. The van der Waals surface area contributed by atoms with Crippen LogP contribution >= 0.6 is 0 Å². The summed E-state index contributed by atoms with van der Waals surface area (Å²) in [4.78, 5) is 11.2. The Morgan fingerprint density at radius 2 is 2.00 bits per heavy atom. The topological polar surface area (TPSA) is 39.4 Å². The number of methoxy groups -OCH3 is 1. The van der Waals surface area contributed by atoms with E-state index in [1.165, 1.54) is 19.2 Å². The smallest absolute Gasteiger partial charge is 0.150 e. The molecule has 0 spiro atoms. The van der Waals surface area contributed by atoms with Crippen molar-refractivity contribution in [1.82, 2.24) is 0 Å². The van der Waals surface area contributed by atoms with E-state index in [2.05, 4.69) is 0 Å². The molecule has 4 heteroatoms. The number of aldehydes is 1. The molecule has 3 rings (SSSR count). The van der Waals surface area contributed by atoms with Crippen molar-refractivity contribution in [3.8, 4) is 17.1 Å². The van der Waals surface area contributed by atoms with E-state index in [1.54, 1.807) is 30.3 Å². The Balaban J connectivity index is 2.17. The minimum absolute atomic E-state index is 0.324. The van der Waals surface area contributed by atoms with Crippen LogP contribution in [0, 0.1) is 5.82 Å². The largest absolute Gasteiger partial charge is 0.497 e. The Labute approximate surface area is 114 Å². The van der Waals surface area contributed by atoms with Gasteiger partial charge in [-0.25, -0.2) is 4.39 Å². The SMILES string of the molecule is COc1ccc(-c2cc3cc(F)ccc3o2)c(C=O)c1. The van der Waals surface area contributed by atoms with Gasteiger partial charge in [0.25, 0.3) is 0 Å². The zero-order valence-corrected chi connectivity index (χ0v) is 10.7. The Kier molecular flexibility index (Phi) is 2.99. The monoisotopic (exact) mass is 270 g/mol. The van der Waals surface area contributed by atoms with Crippen molar-refractivity contribution in [1.29, 1.82) is 0 Å². The third-order valence-corrected chi connectivity index (χ3v) is 3.13. The van der Waals surface area contributed by atoms with Crippen molar-refractivity contribution in [2.45, 2.75) is 0 Å². The van der Waals surface area contributed by atoms with E-state index in [1.807, 2.05) is 0 Å². The van der Waals surface area contributed by atoms with Crippen LogP contribution in [0.25, 0.3) is 22.3 Å². The standard InChI is InChI=1S/C16H11FO3/c1-19-13-3-4-14(11(7-13)9-18)16-8-10-6-12(17)2-5-15(10)20-16/h2-9H,1H3. The fourth-order valence-corrected chi connectivity index (χ4v) is 2.14. The number of rotatable bonds is 3. The molecule has 0 unspecified atom stereocenters. The molecule has 3 aromatic rings. The van der Waals surface area contributed by atoms with Gasteiger partial charge in [0.2, 0.25) is 0 Å². The zero-order chi connectivity index (χ0) is 14.1. The third kappa shape index (κ3) is 2.05. The van der Waals surface area contributed by atoms with Crippen LogP contribution in [0.3, 0.4) is 0 Å². The molecular formula is C16H11FO3. The van der Waals surface area contributed by atoms with Crippen LogP contribution in [0.2, 0.25) is 0 Å². The van der Waals surface area contributed by atoms with Crippen LogP contribution in [-0.4, -0.2) is 13.4 Å². The van der Waals surface area contributed by atoms with Crippen molar-refractivity contribution in [3.63, 3.8) is 0 Å². The summed E-state index contributed by atoms with van der Waals surface area (Å²) in [5.74, 6) is 0.795. The number of carbonyl (C=O) groups excluding carboxylic acids is 1. The van der Waals surface area contributed by atoms with Crippen LogP contribution in [0.1, 0.15) is 10.4 Å². The molecule has 100 valence electrons. The zero-order valence-electron chi connectivity index (χ0n) is 10.7. The molecule has 0 aliphatic heterocycles. The Hall–Kier alpha value is -2.62. The van der Waals surface area contributed by atoms with E-state index in [4.69, 9.17) is 9.15 Å². The summed E-state index contributed by atoms with van der Waals surface area (Å²) in [6.07, 6.45) is 0.742. The summed E-state index contributed by atoms with van der Waals surface area (Å²) in [5, 5.41) is 0.660. The predicted molar refractivity (Wildman–Crippen MR) is 73.5 cm³/mol. The Bertz CT molecular complexity index is 790. The van der Waals surface area contributed by atoms with Gasteiger partial charge in [-0.15, -0.1) is 0 Å². The maximum absolute atomic E-state index is 13.2. The lowest BCUT2D eigenvalue weighted by Gasteiger charge is -2.04. The third-order valence-electron chi connectivity index (χ3n) is 3.13. The summed E-state index contributed by atoms with van der Waals surface area (Å²) in [6.45, 7) is 0. The second-order valence-electron chi connectivity index (χ2n) is 4.36. The number of ether oxygens (including phenoxy) is 1. The molecule has 0 aliphatic carbocycles. The summed E-state index contributed by atoms with van der Waals surface area (Å²) >= 11 is 0. The Morgan fingerprint density at radius 1 is 1.15 bits per heavy atom. The molecule has 0 radical (unpaired) electrons. The highest BCUT2D eigenvalue weighted by molar-refractivity contribution is 5.90. The van der Waals surface area contributed by atoms with Crippen molar-refractivity contribution >= 4 is 17.3 Å². The molecule has 2 aromatic carbocycles. The molecule has 3 nitrogen and oxygen atoms in total. The normalized spacial score (nSPS) is 10.7. The maximum atomic E-state index is 13.2. The number of benzene rings is 2. The fraction of sp³-hybridized carbons (Fsp3) is 0.0625. The molecule has 0 saturated heterocycles. The summed E-state index contributed by atoms with van der Waals surface area (Å²) < 4.78 is 23.9. The second-order valence-corrected chi connectivity index (χ2v) is 4.36. The minimum atomic E-state index is -0.324. The summed E-state index contributed by atoms with van der Waals surface area (Å²) in [5.41, 5.74) is 1.69. The van der Waals surface area contributed by atoms with E-state index in [-0.39, 0.29) is 5.82 Å². The fourth-order valence-electron chi connectivity index (χ4n) is 2.14. The highest BCUT2D eigenvalue weighted by atomic mass is 19.1. The van der Waals surface area contributed by atoms with Crippen LogP contribution in [0.15, 0.2) is 46.9 Å². The van der Waals surface area contributed by atoms with E-state index >= 15 is 0 Å². The lowest BCUT2D eigenvalue weighted by molar-refractivity contribution is 0.112. The summed E-state index contributed by atoms with van der Waals surface area (Å²) in [7, 11) is 1.54. The number of hydrogen-bond acceptors (Lipinski definition) is 3. The number of hydrogen-bond donors (Lipinski definition) is 0. The average Bonchev–Trinajstić information content (AvgIpc) is 2.89. The predicted octanol–water partition coefficient (Wildman–Crippen LogP) is 4.06. The van der Waals surface area contributed by atoms with E-state index < -0.39 is 0 Å². The van der Waals surface area contributed by atoms with Gasteiger partial charge in [-0.1, -0.05) is 0 Å². The number of furan rings is 1. The van der Waals surface area contributed by atoms with Gasteiger partial charge >= 0.3 is 0 Å². The molecule has 0 bridgehead atoms. The molecule has 20 heavy (non-hydrogen) atoms. The van der Waals surface area contributed by atoms with Gasteiger partial charge in [-0.05, 0) is 42.5 Å². The van der Waals surface area contributed by atoms with Gasteiger partial charge in [0.05, 0.1) is 7.11 Å². The van der Waals surface area contributed by atoms with Crippen LogP contribution in [0.4, 0.5) is 4.39 Å². The van der Waals surface area contributed by atoms with E-state index in [0.717, 1.165) is 6.29 Å². The summed E-state index contributed by atoms with van der Waals surface area (Å²) in [6, 6.07) is 11.1. The van der Waals surface area contributed by atoms with E-state index in [9.17, 15) is 9.18 Å². The number of carbonyl (C=O) groups is 1. The van der Waals surface area contributed by atoms with Gasteiger partial charge in [0.1, 0.15) is 22.9 Å². The van der Waals surface area contributed by atoms with Gasteiger partial charge < -0.3 is 9.15 Å². The quantitative estimate of drug-likeness (QED) is 0.674. The van der Waals surface area contributed by atoms with Crippen LogP contribution in [-0.2, 0) is 0 Å². The molecule has 0 atom stereocenters. The minimum Gasteiger partial charge on any atom is -0.497 e. The first kappa shape index (κ1) is 12.4. The average molecular weight is 270 g/mol. The molecule has 0 saturated carbocycles. The highest BCUT2D eigenvalue weighted by Crippen LogP contribution is 2.31. The van der Waals surface area contributed by atoms with Crippen molar-refractivity contribution in [2.24, 2.45) is 0 Å². The van der Waals surface area contributed by atoms with Crippen molar-refractivity contribution in [3.05, 3.63) is 53.8 Å².